The predicted molar refractivity (Wildman–Crippen MR) is 70.5 cm³/mol. The van der Waals surface area contributed by atoms with Crippen molar-refractivity contribution in [3.05, 3.63) is 53.9 Å². The fourth-order valence-corrected chi connectivity index (χ4v) is 2.26. The van der Waals surface area contributed by atoms with Crippen molar-refractivity contribution >= 4 is 11.9 Å². The molecule has 0 atom stereocenters. The molecule has 0 saturated carbocycles. The lowest BCUT2D eigenvalue weighted by atomic mass is 10.2. The van der Waals surface area contributed by atoms with Crippen LogP contribution in [0.2, 0.25) is 0 Å². The average Bonchev–Trinajstić information content (AvgIpc) is 2.35. The van der Waals surface area contributed by atoms with Crippen molar-refractivity contribution in [3.8, 4) is 0 Å². The maximum absolute atomic E-state index is 12.8. The lowest BCUT2D eigenvalue weighted by molar-refractivity contribution is 0.561. The molecule has 1 aromatic heterocycles. The molecule has 0 N–H and O–H groups in total. The minimum atomic E-state index is -0.207. The molecule has 1 heterocycles. The summed E-state index contributed by atoms with van der Waals surface area (Å²) in [6.45, 7) is 2.59. The minimum Gasteiger partial charge on any atom is -0.245 e. The first-order valence-corrected chi connectivity index (χ1v) is 6.33. The van der Waals surface area contributed by atoms with Gasteiger partial charge in [-0.2, -0.15) is 0 Å². The Bertz CT molecular complexity index is 451. The first-order valence-electron chi connectivity index (χ1n) is 5.56. The van der Waals surface area contributed by atoms with E-state index < -0.39 is 0 Å². The molecule has 2 rings (SSSR count). The van der Waals surface area contributed by atoms with Gasteiger partial charge >= 0.3 is 0 Å². The van der Waals surface area contributed by atoms with Crippen LogP contribution in [0.3, 0.4) is 0 Å². The second-order valence-corrected chi connectivity index (χ2v) is 5.25. The maximum atomic E-state index is 12.8. The highest BCUT2D eigenvalue weighted by Crippen LogP contribution is 2.21. The lowest BCUT2D eigenvalue weighted by Crippen LogP contribution is -2.08. The van der Waals surface area contributed by atoms with Gasteiger partial charge in [0.2, 0.25) is 0 Å². The van der Waals surface area contributed by atoms with Crippen LogP contribution in [0, 0.1) is 12.7 Å². The molecule has 0 spiro atoms. The van der Waals surface area contributed by atoms with Gasteiger partial charge in [0.1, 0.15) is 11.6 Å². The zero-order valence-corrected chi connectivity index (χ0v) is 11.1. The molecule has 3 nitrogen and oxygen atoms in total. The summed E-state index contributed by atoms with van der Waals surface area (Å²) in [4.78, 5) is 9.28. The SMILES string of the molecule is Cc1ncc(SN(C)Cc2ccc(F)cc2)cn1. The highest BCUT2D eigenvalue weighted by molar-refractivity contribution is 7.97. The number of nitrogens with zero attached hydrogens (tertiary/aromatic N) is 3. The summed E-state index contributed by atoms with van der Waals surface area (Å²) in [5.41, 5.74) is 1.07. The first kappa shape index (κ1) is 13.0. The molecular weight excluding hydrogens is 249 g/mol. The van der Waals surface area contributed by atoms with Crippen LogP contribution in [-0.2, 0) is 6.54 Å². The van der Waals surface area contributed by atoms with Crippen molar-refractivity contribution in [3.63, 3.8) is 0 Å². The van der Waals surface area contributed by atoms with Gasteiger partial charge in [0.15, 0.2) is 0 Å². The van der Waals surface area contributed by atoms with E-state index in [1.807, 2.05) is 14.0 Å². The molecule has 0 radical (unpaired) electrons. The third-order valence-corrected chi connectivity index (χ3v) is 3.20. The zero-order valence-electron chi connectivity index (χ0n) is 10.3. The van der Waals surface area contributed by atoms with Crippen LogP contribution in [-0.4, -0.2) is 21.3 Å². The highest BCUT2D eigenvalue weighted by Gasteiger charge is 2.04. The molecule has 5 heteroatoms. The van der Waals surface area contributed by atoms with Crippen LogP contribution >= 0.6 is 11.9 Å². The molecule has 0 fully saturated rings. The summed E-state index contributed by atoms with van der Waals surface area (Å²) < 4.78 is 14.8. The van der Waals surface area contributed by atoms with E-state index in [1.165, 1.54) is 12.1 Å². The Labute approximate surface area is 110 Å². The monoisotopic (exact) mass is 263 g/mol. The largest absolute Gasteiger partial charge is 0.245 e. The van der Waals surface area contributed by atoms with Gasteiger partial charge in [-0.15, -0.1) is 0 Å². The fourth-order valence-electron chi connectivity index (χ4n) is 1.49. The molecular formula is C13H14FN3S. The van der Waals surface area contributed by atoms with Gasteiger partial charge in [-0.05, 0) is 43.6 Å². The average molecular weight is 263 g/mol. The molecule has 0 amide bonds. The van der Waals surface area contributed by atoms with E-state index in [9.17, 15) is 4.39 Å². The maximum Gasteiger partial charge on any atom is 0.125 e. The highest BCUT2D eigenvalue weighted by atomic mass is 32.2. The number of aryl methyl sites for hydroxylation is 1. The smallest absolute Gasteiger partial charge is 0.125 e. The van der Waals surface area contributed by atoms with Gasteiger partial charge in [0.25, 0.3) is 0 Å². The summed E-state index contributed by atoms with van der Waals surface area (Å²) in [7, 11) is 1.98. The summed E-state index contributed by atoms with van der Waals surface area (Å²) in [6, 6.07) is 6.53. The predicted octanol–water partition coefficient (Wildman–Crippen LogP) is 3.06. The summed E-state index contributed by atoms with van der Waals surface area (Å²) in [5, 5.41) is 0. The van der Waals surface area contributed by atoms with E-state index in [-0.39, 0.29) is 5.82 Å². The number of hydrogen-bond acceptors (Lipinski definition) is 4. The Hall–Kier alpha value is -1.46. The Kier molecular flexibility index (Phi) is 4.28. The van der Waals surface area contributed by atoms with E-state index in [2.05, 4.69) is 14.3 Å². The molecule has 18 heavy (non-hydrogen) atoms. The van der Waals surface area contributed by atoms with Crippen molar-refractivity contribution in [2.75, 3.05) is 7.05 Å². The Morgan fingerprint density at radius 2 is 1.78 bits per heavy atom. The van der Waals surface area contributed by atoms with Crippen LogP contribution in [0.1, 0.15) is 11.4 Å². The second kappa shape index (κ2) is 5.93. The zero-order chi connectivity index (χ0) is 13.0. The van der Waals surface area contributed by atoms with Crippen molar-refractivity contribution in [1.29, 1.82) is 0 Å². The van der Waals surface area contributed by atoms with Crippen LogP contribution in [0.5, 0.6) is 0 Å². The van der Waals surface area contributed by atoms with Gasteiger partial charge in [-0.1, -0.05) is 12.1 Å². The molecule has 0 bridgehead atoms. The number of halogens is 1. The van der Waals surface area contributed by atoms with E-state index in [0.29, 0.717) is 0 Å². The first-order chi connectivity index (χ1) is 8.63. The summed E-state index contributed by atoms with van der Waals surface area (Å²) in [6.07, 6.45) is 3.60. The second-order valence-electron chi connectivity index (χ2n) is 3.97. The van der Waals surface area contributed by atoms with E-state index in [1.54, 1.807) is 36.5 Å². The van der Waals surface area contributed by atoms with Gasteiger partial charge in [-0.3, -0.25) is 0 Å². The van der Waals surface area contributed by atoms with E-state index >= 15 is 0 Å². The molecule has 0 saturated heterocycles. The molecule has 0 aliphatic heterocycles. The Morgan fingerprint density at radius 1 is 1.17 bits per heavy atom. The number of aromatic nitrogens is 2. The minimum absolute atomic E-state index is 0.207. The normalized spacial score (nSPS) is 10.9. The number of benzene rings is 1. The van der Waals surface area contributed by atoms with Gasteiger partial charge in [-0.25, -0.2) is 18.7 Å². The van der Waals surface area contributed by atoms with Gasteiger partial charge in [0.05, 0.1) is 4.90 Å². The van der Waals surface area contributed by atoms with Crippen molar-refractivity contribution in [2.45, 2.75) is 18.4 Å². The van der Waals surface area contributed by atoms with E-state index in [4.69, 9.17) is 0 Å². The third-order valence-electron chi connectivity index (χ3n) is 2.34. The van der Waals surface area contributed by atoms with Crippen LogP contribution < -0.4 is 0 Å². The molecule has 0 unspecified atom stereocenters. The molecule has 0 aliphatic carbocycles. The summed E-state index contributed by atoms with van der Waals surface area (Å²) in [5.74, 6) is 0.557. The van der Waals surface area contributed by atoms with Gasteiger partial charge in [0, 0.05) is 18.9 Å². The fraction of sp³-hybridized carbons (Fsp3) is 0.231. The quantitative estimate of drug-likeness (QED) is 0.793. The van der Waals surface area contributed by atoms with Crippen LogP contribution in [0.15, 0.2) is 41.6 Å². The van der Waals surface area contributed by atoms with E-state index in [0.717, 1.165) is 22.8 Å². The molecule has 2 aromatic rings. The Balaban J connectivity index is 1.94. The lowest BCUT2D eigenvalue weighted by Gasteiger charge is -2.15. The molecule has 0 aliphatic rings. The van der Waals surface area contributed by atoms with Crippen LogP contribution in [0.25, 0.3) is 0 Å². The van der Waals surface area contributed by atoms with Crippen molar-refractivity contribution in [1.82, 2.24) is 14.3 Å². The topological polar surface area (TPSA) is 29.0 Å². The standard InChI is InChI=1S/C13H14FN3S/c1-10-15-7-13(8-16-10)18-17(2)9-11-3-5-12(14)6-4-11/h3-8H,9H2,1-2H3. The molecule has 1 aromatic carbocycles. The van der Waals surface area contributed by atoms with Crippen LogP contribution in [0.4, 0.5) is 4.39 Å². The van der Waals surface area contributed by atoms with Crippen molar-refractivity contribution < 1.29 is 4.39 Å². The van der Waals surface area contributed by atoms with Crippen molar-refractivity contribution in [2.24, 2.45) is 0 Å². The Morgan fingerprint density at radius 3 is 2.39 bits per heavy atom. The number of hydrogen-bond donors (Lipinski definition) is 0. The third kappa shape index (κ3) is 3.78. The summed E-state index contributed by atoms with van der Waals surface area (Å²) >= 11 is 1.57. The number of rotatable bonds is 4. The van der Waals surface area contributed by atoms with Gasteiger partial charge < -0.3 is 0 Å². The molecule has 94 valence electrons.